The zero-order chi connectivity index (χ0) is 15.9. The Hall–Kier alpha value is -1.72. The fourth-order valence-corrected chi connectivity index (χ4v) is 3.80. The zero-order valence-corrected chi connectivity index (χ0v) is 13.6. The van der Waals surface area contributed by atoms with Crippen LogP contribution in [0.2, 0.25) is 0 Å². The largest absolute Gasteiger partial charge is 0.286 e. The molecule has 22 heavy (non-hydrogen) atoms. The first-order valence-electron chi connectivity index (χ1n) is 7.46. The van der Waals surface area contributed by atoms with Gasteiger partial charge in [-0.15, -0.1) is 0 Å². The summed E-state index contributed by atoms with van der Waals surface area (Å²) in [6, 6.07) is 12.5. The summed E-state index contributed by atoms with van der Waals surface area (Å²) < 4.78 is 32.9. The van der Waals surface area contributed by atoms with Crippen LogP contribution in [-0.2, 0) is 10.1 Å². The van der Waals surface area contributed by atoms with Gasteiger partial charge in [-0.2, -0.15) is 13.0 Å². The van der Waals surface area contributed by atoms with Crippen molar-refractivity contribution >= 4 is 32.3 Å². The summed E-state index contributed by atoms with van der Waals surface area (Å²) in [6.07, 6.45) is 0.412. The Morgan fingerprint density at radius 1 is 1.18 bits per heavy atom. The topological polar surface area (TPSA) is 57.4 Å². The Labute approximate surface area is 130 Å². The highest BCUT2D eigenvalue weighted by atomic mass is 32.2. The number of hydrogen-bond donors (Lipinski definition) is 1. The lowest BCUT2D eigenvalue weighted by atomic mass is 9.93. The summed E-state index contributed by atoms with van der Waals surface area (Å²) in [5.41, 5.74) is 3.68. The molecule has 2 aromatic carbocycles. The van der Waals surface area contributed by atoms with Crippen LogP contribution in [0.25, 0.3) is 10.8 Å². The van der Waals surface area contributed by atoms with Crippen molar-refractivity contribution in [2.24, 2.45) is 0 Å². The van der Waals surface area contributed by atoms with Crippen molar-refractivity contribution in [3.05, 3.63) is 42.0 Å². The molecule has 0 spiro atoms. The van der Waals surface area contributed by atoms with E-state index in [0.717, 1.165) is 5.69 Å². The highest BCUT2D eigenvalue weighted by Gasteiger charge is 2.34. The molecular formula is C17H20NO3S+. The van der Waals surface area contributed by atoms with Gasteiger partial charge in [0.1, 0.15) is 6.54 Å². The molecule has 1 N–H and O–H groups in total. The van der Waals surface area contributed by atoms with E-state index < -0.39 is 10.1 Å². The second-order valence-electron chi connectivity index (χ2n) is 5.87. The summed E-state index contributed by atoms with van der Waals surface area (Å²) in [6.45, 7) is 4.87. The van der Waals surface area contributed by atoms with Gasteiger partial charge in [-0.25, -0.2) is 0 Å². The predicted molar refractivity (Wildman–Crippen MR) is 88.9 cm³/mol. The van der Waals surface area contributed by atoms with Crippen molar-refractivity contribution in [2.45, 2.75) is 26.2 Å². The first kappa shape index (κ1) is 15.2. The monoisotopic (exact) mass is 318 g/mol. The summed E-state index contributed by atoms with van der Waals surface area (Å²) in [5.74, 6) is 0.112. The molecule has 0 fully saturated rings. The van der Waals surface area contributed by atoms with Crippen LogP contribution < -0.4 is 0 Å². The molecular weight excluding hydrogens is 298 g/mol. The van der Waals surface area contributed by atoms with Crippen molar-refractivity contribution in [2.75, 3.05) is 12.3 Å². The lowest BCUT2D eigenvalue weighted by Gasteiger charge is -2.06. The third kappa shape index (κ3) is 2.66. The summed E-state index contributed by atoms with van der Waals surface area (Å²) in [4.78, 5) is 0. The molecule has 0 aromatic heterocycles. The van der Waals surface area contributed by atoms with Crippen molar-refractivity contribution in [1.82, 2.24) is 0 Å². The molecule has 0 amide bonds. The molecule has 2 aromatic rings. The first-order chi connectivity index (χ1) is 10.4. The van der Waals surface area contributed by atoms with Crippen molar-refractivity contribution in [3.63, 3.8) is 0 Å². The molecule has 116 valence electrons. The van der Waals surface area contributed by atoms with Crippen LogP contribution in [0.4, 0.5) is 5.69 Å². The molecule has 5 heteroatoms. The van der Waals surface area contributed by atoms with E-state index in [1.807, 2.05) is 12.1 Å². The van der Waals surface area contributed by atoms with Crippen LogP contribution in [0.1, 0.15) is 31.7 Å². The lowest BCUT2D eigenvalue weighted by Crippen LogP contribution is -2.16. The van der Waals surface area contributed by atoms with E-state index >= 15 is 0 Å². The van der Waals surface area contributed by atoms with Gasteiger partial charge in [-0.05, 0) is 23.8 Å². The van der Waals surface area contributed by atoms with E-state index in [0.29, 0.717) is 18.9 Å². The molecule has 4 nitrogen and oxygen atoms in total. The van der Waals surface area contributed by atoms with Crippen molar-refractivity contribution in [1.29, 1.82) is 0 Å². The molecule has 1 aliphatic rings. The molecule has 1 unspecified atom stereocenters. The van der Waals surface area contributed by atoms with Gasteiger partial charge in [0, 0.05) is 25.0 Å². The molecule has 0 aliphatic carbocycles. The minimum Gasteiger partial charge on any atom is -0.286 e. The highest BCUT2D eigenvalue weighted by Crippen LogP contribution is 2.39. The van der Waals surface area contributed by atoms with E-state index in [-0.39, 0.29) is 5.75 Å². The standard InChI is InChI=1S/C17H19NO3S/c1-12-13(2)18(10-5-11-22(19,20)21)16-9-8-14-6-3-4-7-15(14)17(12)16/h3-4,6-9,12H,5,10-11H2,1-2H3/p+1. The lowest BCUT2D eigenvalue weighted by molar-refractivity contribution is -0.438. The Bertz CT molecular complexity index is 869. The Morgan fingerprint density at radius 2 is 1.91 bits per heavy atom. The number of benzene rings is 2. The van der Waals surface area contributed by atoms with E-state index in [2.05, 4.69) is 42.7 Å². The van der Waals surface area contributed by atoms with Gasteiger partial charge >= 0.3 is 0 Å². The Balaban J connectivity index is 1.99. The average Bonchev–Trinajstić information content (AvgIpc) is 2.71. The summed E-state index contributed by atoms with van der Waals surface area (Å²) in [5, 5.41) is 2.48. The van der Waals surface area contributed by atoms with Gasteiger partial charge in [-0.3, -0.25) is 4.55 Å². The normalized spacial score (nSPS) is 18.0. The second-order valence-corrected chi connectivity index (χ2v) is 7.45. The zero-order valence-electron chi connectivity index (χ0n) is 12.8. The number of fused-ring (bicyclic) bond motifs is 3. The Morgan fingerprint density at radius 3 is 2.64 bits per heavy atom. The van der Waals surface area contributed by atoms with Gasteiger partial charge in [0.25, 0.3) is 10.1 Å². The average molecular weight is 318 g/mol. The maximum atomic E-state index is 10.9. The van der Waals surface area contributed by atoms with E-state index in [1.54, 1.807) is 0 Å². The maximum absolute atomic E-state index is 10.9. The van der Waals surface area contributed by atoms with Crippen LogP contribution >= 0.6 is 0 Å². The van der Waals surface area contributed by atoms with E-state index in [9.17, 15) is 8.42 Å². The Kier molecular flexibility index (Phi) is 3.78. The number of nitrogens with zero attached hydrogens (tertiary/aromatic N) is 1. The van der Waals surface area contributed by atoms with E-state index in [1.165, 1.54) is 22.0 Å². The van der Waals surface area contributed by atoms with Crippen LogP contribution in [-0.4, -0.2) is 35.6 Å². The molecule has 0 saturated carbocycles. The number of hydrogen-bond acceptors (Lipinski definition) is 2. The van der Waals surface area contributed by atoms with E-state index in [4.69, 9.17) is 4.55 Å². The SMILES string of the molecule is CC1=[N+](CCCS(=O)(=O)O)c2ccc3ccccc3c2C1C. The van der Waals surface area contributed by atoms with Crippen LogP contribution in [0.3, 0.4) is 0 Å². The van der Waals surface area contributed by atoms with Gasteiger partial charge in [0.15, 0.2) is 5.71 Å². The smallest absolute Gasteiger partial charge is 0.265 e. The molecule has 1 atom stereocenters. The second kappa shape index (κ2) is 5.48. The van der Waals surface area contributed by atoms with Gasteiger partial charge in [0.2, 0.25) is 5.69 Å². The molecule has 1 aliphatic heterocycles. The third-order valence-electron chi connectivity index (χ3n) is 4.51. The minimum absolute atomic E-state index is 0.200. The summed E-state index contributed by atoms with van der Waals surface area (Å²) in [7, 11) is -3.89. The predicted octanol–water partition coefficient (Wildman–Crippen LogP) is 3.34. The highest BCUT2D eigenvalue weighted by molar-refractivity contribution is 7.85. The van der Waals surface area contributed by atoms with Crippen molar-refractivity contribution < 1.29 is 17.5 Å². The third-order valence-corrected chi connectivity index (χ3v) is 5.31. The summed E-state index contributed by atoms with van der Waals surface area (Å²) >= 11 is 0. The van der Waals surface area contributed by atoms with Crippen LogP contribution in [0, 0.1) is 0 Å². The van der Waals surface area contributed by atoms with Gasteiger partial charge in [0.05, 0.1) is 11.7 Å². The fourth-order valence-electron chi connectivity index (χ4n) is 3.31. The number of rotatable bonds is 4. The van der Waals surface area contributed by atoms with Crippen LogP contribution in [0.15, 0.2) is 36.4 Å². The minimum atomic E-state index is -3.89. The quantitative estimate of drug-likeness (QED) is 0.695. The fraction of sp³-hybridized carbons (Fsp3) is 0.353. The molecule has 3 rings (SSSR count). The molecule has 0 bridgehead atoms. The van der Waals surface area contributed by atoms with Crippen molar-refractivity contribution in [3.8, 4) is 0 Å². The first-order valence-corrected chi connectivity index (χ1v) is 9.07. The maximum Gasteiger partial charge on any atom is 0.265 e. The van der Waals surface area contributed by atoms with Gasteiger partial charge in [-0.1, -0.05) is 24.3 Å². The molecule has 0 radical (unpaired) electrons. The van der Waals surface area contributed by atoms with Gasteiger partial charge < -0.3 is 0 Å². The molecule has 0 saturated heterocycles. The van der Waals surface area contributed by atoms with Crippen LogP contribution in [0.5, 0.6) is 0 Å². The molecule has 1 heterocycles.